The highest BCUT2D eigenvalue weighted by molar-refractivity contribution is 7.89. The summed E-state index contributed by atoms with van der Waals surface area (Å²) in [5.74, 6) is -1.11. The number of rotatable bonds is 5. The molecule has 0 saturated carbocycles. The smallest absolute Gasteiger partial charge is 0.255 e. The fourth-order valence-electron chi connectivity index (χ4n) is 3.20. The highest BCUT2D eigenvalue weighted by atomic mass is 32.2. The van der Waals surface area contributed by atoms with Gasteiger partial charge in [0.2, 0.25) is 10.0 Å². The number of hydrogen-bond donors (Lipinski definition) is 1. The first-order valence-electron chi connectivity index (χ1n) is 9.11. The zero-order chi connectivity index (χ0) is 21.2. The van der Waals surface area contributed by atoms with E-state index in [1.807, 2.05) is 13.8 Å². The molecule has 0 spiro atoms. The first-order valence-corrected chi connectivity index (χ1v) is 10.6. The summed E-state index contributed by atoms with van der Waals surface area (Å²) < 4.78 is 51.3. The van der Waals surface area contributed by atoms with Gasteiger partial charge in [-0.15, -0.1) is 0 Å². The van der Waals surface area contributed by atoms with Crippen LogP contribution in [0.15, 0.2) is 47.4 Å². The molecule has 2 aromatic rings. The van der Waals surface area contributed by atoms with Crippen molar-refractivity contribution < 1.29 is 27.1 Å². The first kappa shape index (κ1) is 21.2. The number of amides is 1. The molecule has 29 heavy (non-hydrogen) atoms. The van der Waals surface area contributed by atoms with Gasteiger partial charge in [-0.25, -0.2) is 12.8 Å². The second-order valence-corrected chi connectivity index (χ2v) is 8.85. The molecule has 1 aliphatic heterocycles. The van der Waals surface area contributed by atoms with E-state index in [0.717, 1.165) is 6.07 Å². The van der Waals surface area contributed by atoms with Crippen molar-refractivity contribution in [3.05, 3.63) is 53.8 Å². The second-order valence-electron chi connectivity index (χ2n) is 6.91. The Balaban J connectivity index is 1.73. The molecule has 7 nitrogen and oxygen atoms in total. The number of ether oxygens (including phenoxy) is 2. The minimum absolute atomic E-state index is 0.0443. The second kappa shape index (κ2) is 8.48. The number of nitrogens with zero attached hydrogens (tertiary/aromatic N) is 1. The van der Waals surface area contributed by atoms with Crippen LogP contribution in [0.3, 0.4) is 0 Å². The van der Waals surface area contributed by atoms with Crippen LogP contribution < -0.4 is 10.1 Å². The van der Waals surface area contributed by atoms with Gasteiger partial charge in [0.25, 0.3) is 5.91 Å². The molecule has 1 heterocycles. The molecule has 0 radical (unpaired) electrons. The summed E-state index contributed by atoms with van der Waals surface area (Å²) >= 11 is 0. The van der Waals surface area contributed by atoms with E-state index in [-0.39, 0.29) is 41.5 Å². The number of methoxy groups -OCH3 is 1. The van der Waals surface area contributed by atoms with Crippen molar-refractivity contribution in [3.8, 4) is 5.75 Å². The van der Waals surface area contributed by atoms with Gasteiger partial charge < -0.3 is 14.8 Å². The summed E-state index contributed by atoms with van der Waals surface area (Å²) in [6.07, 6.45) is -0.367. The average molecular weight is 422 g/mol. The Bertz CT molecular complexity index is 984. The summed E-state index contributed by atoms with van der Waals surface area (Å²) in [6, 6.07) is 9.75. The summed E-state index contributed by atoms with van der Waals surface area (Å²) in [4.78, 5) is 12.4. The van der Waals surface area contributed by atoms with Gasteiger partial charge in [0.05, 0.1) is 24.2 Å². The lowest BCUT2D eigenvalue weighted by atomic mass is 10.2. The number of sulfonamides is 1. The van der Waals surface area contributed by atoms with Crippen molar-refractivity contribution in [2.45, 2.75) is 31.0 Å². The molecule has 1 saturated heterocycles. The Hall–Kier alpha value is -2.49. The van der Waals surface area contributed by atoms with Crippen LogP contribution in [0.4, 0.5) is 10.1 Å². The third-order valence-electron chi connectivity index (χ3n) is 4.55. The third kappa shape index (κ3) is 4.75. The largest absolute Gasteiger partial charge is 0.494 e. The molecule has 1 amide bonds. The molecule has 9 heteroatoms. The van der Waals surface area contributed by atoms with Crippen molar-refractivity contribution in [3.63, 3.8) is 0 Å². The van der Waals surface area contributed by atoms with E-state index in [0.29, 0.717) is 5.69 Å². The Morgan fingerprint density at radius 3 is 2.31 bits per heavy atom. The molecule has 1 fully saturated rings. The number of halogens is 1. The minimum Gasteiger partial charge on any atom is -0.494 e. The molecule has 1 N–H and O–H groups in total. The van der Waals surface area contributed by atoms with Gasteiger partial charge in [-0.2, -0.15) is 4.31 Å². The van der Waals surface area contributed by atoms with Gasteiger partial charge in [0.1, 0.15) is 0 Å². The highest BCUT2D eigenvalue weighted by Crippen LogP contribution is 2.23. The van der Waals surface area contributed by atoms with Crippen molar-refractivity contribution in [1.82, 2.24) is 4.31 Å². The predicted molar refractivity (Wildman–Crippen MR) is 106 cm³/mol. The Kier molecular flexibility index (Phi) is 6.21. The highest BCUT2D eigenvalue weighted by Gasteiger charge is 2.32. The molecule has 0 aromatic heterocycles. The summed E-state index contributed by atoms with van der Waals surface area (Å²) in [6.45, 7) is 4.24. The van der Waals surface area contributed by atoms with E-state index in [2.05, 4.69) is 5.32 Å². The monoisotopic (exact) mass is 422 g/mol. The molecule has 0 bridgehead atoms. The maximum absolute atomic E-state index is 13.8. The van der Waals surface area contributed by atoms with Crippen LogP contribution in [0.1, 0.15) is 24.2 Å². The van der Waals surface area contributed by atoms with Gasteiger partial charge in [0.15, 0.2) is 11.6 Å². The lowest BCUT2D eigenvalue weighted by molar-refractivity contribution is -0.0440. The average Bonchev–Trinajstić information content (AvgIpc) is 2.67. The van der Waals surface area contributed by atoms with Crippen molar-refractivity contribution in [2.24, 2.45) is 0 Å². The van der Waals surface area contributed by atoms with E-state index in [9.17, 15) is 17.6 Å². The van der Waals surface area contributed by atoms with Crippen LogP contribution in [0.2, 0.25) is 0 Å². The van der Waals surface area contributed by atoms with E-state index in [4.69, 9.17) is 9.47 Å². The van der Waals surface area contributed by atoms with Gasteiger partial charge in [-0.05, 0) is 56.3 Å². The van der Waals surface area contributed by atoms with E-state index in [1.165, 1.54) is 47.8 Å². The number of anilines is 1. The van der Waals surface area contributed by atoms with Crippen LogP contribution in [0.25, 0.3) is 0 Å². The van der Waals surface area contributed by atoms with Crippen LogP contribution in [0, 0.1) is 5.82 Å². The van der Waals surface area contributed by atoms with Crippen molar-refractivity contribution in [1.29, 1.82) is 0 Å². The van der Waals surface area contributed by atoms with Crippen LogP contribution >= 0.6 is 0 Å². The van der Waals surface area contributed by atoms with E-state index in [1.54, 1.807) is 0 Å². The summed E-state index contributed by atoms with van der Waals surface area (Å²) in [7, 11) is -2.32. The topological polar surface area (TPSA) is 84.9 Å². The zero-order valence-corrected chi connectivity index (χ0v) is 17.2. The third-order valence-corrected chi connectivity index (χ3v) is 6.40. The molecule has 1 aliphatic rings. The number of hydrogen-bond acceptors (Lipinski definition) is 5. The van der Waals surface area contributed by atoms with Crippen LogP contribution in [-0.4, -0.2) is 51.0 Å². The lowest BCUT2D eigenvalue weighted by Crippen LogP contribution is -2.48. The summed E-state index contributed by atoms with van der Waals surface area (Å²) in [5, 5.41) is 2.62. The molecular weight excluding hydrogens is 399 g/mol. The lowest BCUT2D eigenvalue weighted by Gasteiger charge is -2.34. The Morgan fingerprint density at radius 1 is 1.14 bits per heavy atom. The molecule has 3 rings (SSSR count). The number of nitrogens with one attached hydrogen (secondary N) is 1. The minimum atomic E-state index is -3.66. The van der Waals surface area contributed by atoms with Gasteiger partial charge in [-0.1, -0.05) is 0 Å². The standard InChI is InChI=1S/C20H23FN2O5S/c1-13-11-23(12-14(2)28-13)29(25,26)17-7-5-16(6-8-17)22-20(24)15-4-9-19(27-3)18(21)10-15/h4-10,13-14H,11-12H2,1-3H3,(H,22,24)/t13-,14+. The summed E-state index contributed by atoms with van der Waals surface area (Å²) in [5.41, 5.74) is 0.519. The SMILES string of the molecule is COc1ccc(C(=O)Nc2ccc(S(=O)(=O)N3C[C@@H](C)O[C@@H](C)C3)cc2)cc1F. The molecule has 156 valence electrons. The van der Waals surface area contributed by atoms with Gasteiger partial charge in [-0.3, -0.25) is 4.79 Å². The molecular formula is C20H23FN2O5S. The number of carbonyl (C=O) groups is 1. The quantitative estimate of drug-likeness (QED) is 0.801. The van der Waals surface area contributed by atoms with E-state index < -0.39 is 21.7 Å². The first-order chi connectivity index (χ1) is 13.7. The molecule has 2 atom stereocenters. The number of benzene rings is 2. The fourth-order valence-corrected chi connectivity index (χ4v) is 4.79. The Morgan fingerprint density at radius 2 is 1.76 bits per heavy atom. The maximum Gasteiger partial charge on any atom is 0.255 e. The molecule has 2 aromatic carbocycles. The van der Waals surface area contributed by atoms with Crippen LogP contribution in [0.5, 0.6) is 5.75 Å². The number of carbonyl (C=O) groups excluding carboxylic acids is 1. The fraction of sp³-hybridized carbons (Fsp3) is 0.350. The predicted octanol–water partition coefficient (Wildman–Crippen LogP) is 2.88. The zero-order valence-electron chi connectivity index (χ0n) is 16.4. The normalized spacial score (nSPS) is 20.3. The van der Waals surface area contributed by atoms with Crippen molar-refractivity contribution >= 4 is 21.6 Å². The Labute approximate surface area is 169 Å². The maximum atomic E-state index is 13.8. The van der Waals surface area contributed by atoms with Crippen molar-refractivity contribution in [2.75, 3.05) is 25.5 Å². The molecule has 0 unspecified atom stereocenters. The molecule has 0 aliphatic carbocycles. The van der Waals surface area contributed by atoms with E-state index >= 15 is 0 Å². The van der Waals surface area contributed by atoms with Crippen LogP contribution in [-0.2, 0) is 14.8 Å². The van der Waals surface area contributed by atoms with Gasteiger partial charge >= 0.3 is 0 Å². The number of morpholine rings is 1. The van der Waals surface area contributed by atoms with Gasteiger partial charge in [0, 0.05) is 24.3 Å².